The van der Waals surface area contributed by atoms with Crippen LogP contribution >= 0.6 is 11.6 Å². The molecule has 160 valence electrons. The summed E-state index contributed by atoms with van der Waals surface area (Å²) in [5, 5.41) is 12.7. The highest BCUT2D eigenvalue weighted by Crippen LogP contribution is 2.19. The van der Waals surface area contributed by atoms with E-state index < -0.39 is 11.9 Å². The SMILES string of the molecule is COC(=O)c1ccc(NC(=O)/C(C#N)=C\c2cccc(OCc3cccc(Cl)c3)c2)cc1. The minimum absolute atomic E-state index is 0.0750. The zero-order valence-corrected chi connectivity index (χ0v) is 17.9. The molecule has 1 N–H and O–H groups in total. The molecule has 0 unspecified atom stereocenters. The Balaban J connectivity index is 1.68. The number of nitrogens with one attached hydrogen (secondary N) is 1. The number of esters is 1. The van der Waals surface area contributed by atoms with Crippen LogP contribution in [-0.2, 0) is 16.1 Å². The summed E-state index contributed by atoms with van der Waals surface area (Å²) >= 11 is 5.99. The molecule has 3 rings (SSSR count). The van der Waals surface area contributed by atoms with Gasteiger partial charge in [-0.3, -0.25) is 4.79 Å². The summed E-state index contributed by atoms with van der Waals surface area (Å²) in [7, 11) is 1.29. The number of anilines is 1. The number of ether oxygens (including phenoxy) is 2. The highest BCUT2D eigenvalue weighted by Gasteiger charge is 2.11. The maximum Gasteiger partial charge on any atom is 0.337 e. The van der Waals surface area contributed by atoms with Crippen LogP contribution in [0, 0.1) is 11.3 Å². The Kier molecular flexibility index (Phi) is 7.63. The molecule has 0 atom stereocenters. The van der Waals surface area contributed by atoms with Gasteiger partial charge in [-0.15, -0.1) is 0 Å². The third-order valence-electron chi connectivity index (χ3n) is 4.39. The van der Waals surface area contributed by atoms with Crippen molar-refractivity contribution in [3.63, 3.8) is 0 Å². The molecule has 32 heavy (non-hydrogen) atoms. The summed E-state index contributed by atoms with van der Waals surface area (Å²) in [6.45, 7) is 0.334. The van der Waals surface area contributed by atoms with Gasteiger partial charge in [-0.2, -0.15) is 5.26 Å². The van der Waals surface area contributed by atoms with Crippen LogP contribution in [0.15, 0.2) is 78.4 Å². The van der Waals surface area contributed by atoms with E-state index in [1.54, 1.807) is 42.5 Å². The summed E-state index contributed by atoms with van der Waals surface area (Å²) in [4.78, 5) is 24.0. The number of methoxy groups -OCH3 is 1. The molecule has 0 aliphatic carbocycles. The van der Waals surface area contributed by atoms with Crippen molar-refractivity contribution < 1.29 is 19.1 Å². The van der Waals surface area contributed by atoms with Gasteiger partial charge in [-0.25, -0.2) is 4.79 Å². The molecule has 0 aliphatic rings. The van der Waals surface area contributed by atoms with Gasteiger partial charge in [0.15, 0.2) is 0 Å². The summed E-state index contributed by atoms with van der Waals surface area (Å²) in [5.74, 6) is -0.448. The minimum Gasteiger partial charge on any atom is -0.489 e. The van der Waals surface area contributed by atoms with Gasteiger partial charge in [0.1, 0.15) is 24.0 Å². The van der Waals surface area contributed by atoms with Crippen LogP contribution in [-0.4, -0.2) is 19.0 Å². The number of hydrogen-bond donors (Lipinski definition) is 1. The number of carbonyl (C=O) groups is 2. The molecule has 1 amide bonds. The molecule has 0 spiro atoms. The number of halogens is 1. The zero-order chi connectivity index (χ0) is 22.9. The molecular weight excluding hydrogens is 428 g/mol. The first-order valence-electron chi connectivity index (χ1n) is 9.57. The van der Waals surface area contributed by atoms with E-state index in [-0.39, 0.29) is 5.57 Å². The zero-order valence-electron chi connectivity index (χ0n) is 17.2. The molecular formula is C25H19ClN2O4. The summed E-state index contributed by atoms with van der Waals surface area (Å²) in [6.07, 6.45) is 1.48. The van der Waals surface area contributed by atoms with E-state index in [2.05, 4.69) is 10.1 Å². The summed E-state index contributed by atoms with van der Waals surface area (Å²) in [5.41, 5.74) is 2.29. The third-order valence-corrected chi connectivity index (χ3v) is 4.63. The highest BCUT2D eigenvalue weighted by molar-refractivity contribution is 6.30. The van der Waals surface area contributed by atoms with Crippen LogP contribution in [0.5, 0.6) is 5.75 Å². The molecule has 0 saturated carbocycles. The minimum atomic E-state index is -0.566. The topological polar surface area (TPSA) is 88.4 Å². The van der Waals surface area contributed by atoms with E-state index in [0.717, 1.165) is 5.56 Å². The van der Waals surface area contributed by atoms with E-state index in [1.807, 2.05) is 24.3 Å². The second-order valence-corrected chi connectivity index (χ2v) is 7.12. The molecule has 0 bridgehead atoms. The standard InChI is InChI=1S/C25H19ClN2O4/c1-31-25(30)19-8-10-22(11-9-19)28-24(29)20(15-27)12-17-4-3-7-23(14-17)32-16-18-5-2-6-21(26)13-18/h2-14H,16H2,1H3,(H,28,29)/b20-12-. The molecule has 0 aromatic heterocycles. The molecule has 0 fully saturated rings. The van der Waals surface area contributed by atoms with Gasteiger partial charge >= 0.3 is 5.97 Å². The highest BCUT2D eigenvalue weighted by atomic mass is 35.5. The lowest BCUT2D eigenvalue weighted by molar-refractivity contribution is -0.112. The average molecular weight is 447 g/mol. The first-order valence-corrected chi connectivity index (χ1v) is 9.95. The lowest BCUT2D eigenvalue weighted by atomic mass is 10.1. The van der Waals surface area contributed by atoms with Gasteiger partial charge in [-0.1, -0.05) is 35.9 Å². The Hall–Kier alpha value is -4.08. The number of nitriles is 1. The van der Waals surface area contributed by atoms with Crippen molar-refractivity contribution in [3.05, 3.63) is 100 Å². The largest absolute Gasteiger partial charge is 0.489 e. The smallest absolute Gasteiger partial charge is 0.337 e. The van der Waals surface area contributed by atoms with Crippen LogP contribution in [0.25, 0.3) is 6.08 Å². The third kappa shape index (κ3) is 6.21. The molecule has 3 aromatic rings. The van der Waals surface area contributed by atoms with E-state index in [9.17, 15) is 14.9 Å². The van der Waals surface area contributed by atoms with Crippen molar-refractivity contribution in [2.24, 2.45) is 0 Å². The Labute approximate surface area is 190 Å². The fraction of sp³-hybridized carbons (Fsp3) is 0.0800. The number of rotatable bonds is 7. The molecule has 0 radical (unpaired) electrons. The molecule has 3 aromatic carbocycles. The Morgan fingerprint density at radius 3 is 2.50 bits per heavy atom. The van der Waals surface area contributed by atoms with Gasteiger partial charge in [0.2, 0.25) is 0 Å². The number of nitrogens with zero attached hydrogens (tertiary/aromatic N) is 1. The Morgan fingerprint density at radius 1 is 1.06 bits per heavy atom. The number of amides is 1. The van der Waals surface area contributed by atoms with Gasteiger partial charge in [0.25, 0.3) is 5.91 Å². The van der Waals surface area contributed by atoms with Crippen LogP contribution in [0.4, 0.5) is 5.69 Å². The predicted octanol–water partition coefficient (Wildman–Crippen LogP) is 5.25. The predicted molar refractivity (Wildman–Crippen MR) is 122 cm³/mol. The van der Waals surface area contributed by atoms with Gasteiger partial charge < -0.3 is 14.8 Å². The van der Waals surface area contributed by atoms with Gasteiger partial charge in [-0.05, 0) is 65.7 Å². The number of benzene rings is 3. The number of carbonyl (C=O) groups excluding carboxylic acids is 2. The molecule has 6 nitrogen and oxygen atoms in total. The molecule has 0 heterocycles. The van der Waals surface area contributed by atoms with Crippen LogP contribution in [0.1, 0.15) is 21.5 Å². The van der Waals surface area contributed by atoms with Gasteiger partial charge in [0, 0.05) is 10.7 Å². The number of hydrogen-bond acceptors (Lipinski definition) is 5. The lowest BCUT2D eigenvalue weighted by Crippen LogP contribution is -2.13. The van der Waals surface area contributed by atoms with Crippen molar-refractivity contribution in [2.75, 3.05) is 12.4 Å². The lowest BCUT2D eigenvalue weighted by Gasteiger charge is -2.08. The monoisotopic (exact) mass is 446 g/mol. The van der Waals surface area contributed by atoms with Crippen molar-refractivity contribution in [3.8, 4) is 11.8 Å². The van der Waals surface area contributed by atoms with Crippen molar-refractivity contribution in [2.45, 2.75) is 6.61 Å². The molecule has 0 aliphatic heterocycles. The fourth-order valence-electron chi connectivity index (χ4n) is 2.81. The van der Waals surface area contributed by atoms with Crippen LogP contribution in [0.2, 0.25) is 5.02 Å². The summed E-state index contributed by atoms with van der Waals surface area (Å²) < 4.78 is 10.4. The van der Waals surface area contributed by atoms with E-state index >= 15 is 0 Å². The van der Waals surface area contributed by atoms with Crippen molar-refractivity contribution in [1.82, 2.24) is 0 Å². The second kappa shape index (κ2) is 10.8. The van der Waals surface area contributed by atoms with Crippen LogP contribution in [0.3, 0.4) is 0 Å². The fourth-order valence-corrected chi connectivity index (χ4v) is 3.02. The Bertz CT molecular complexity index is 1200. The van der Waals surface area contributed by atoms with E-state index in [1.165, 1.54) is 25.3 Å². The van der Waals surface area contributed by atoms with Gasteiger partial charge in [0.05, 0.1) is 12.7 Å². The quantitative estimate of drug-likeness (QED) is 0.304. The first kappa shape index (κ1) is 22.6. The second-order valence-electron chi connectivity index (χ2n) is 6.68. The van der Waals surface area contributed by atoms with Crippen molar-refractivity contribution >= 4 is 35.2 Å². The maximum absolute atomic E-state index is 12.5. The maximum atomic E-state index is 12.5. The Morgan fingerprint density at radius 2 is 1.81 bits per heavy atom. The normalized spacial score (nSPS) is 10.7. The average Bonchev–Trinajstić information content (AvgIpc) is 2.81. The van der Waals surface area contributed by atoms with E-state index in [0.29, 0.717) is 34.2 Å². The summed E-state index contributed by atoms with van der Waals surface area (Å²) in [6, 6.07) is 22.5. The molecule has 7 heteroatoms. The van der Waals surface area contributed by atoms with Crippen molar-refractivity contribution in [1.29, 1.82) is 5.26 Å². The van der Waals surface area contributed by atoms with E-state index in [4.69, 9.17) is 16.3 Å². The van der Waals surface area contributed by atoms with Crippen LogP contribution < -0.4 is 10.1 Å². The molecule has 0 saturated heterocycles. The first-order chi connectivity index (χ1) is 15.5.